The van der Waals surface area contributed by atoms with Gasteiger partial charge in [0.1, 0.15) is 5.82 Å². The number of primary amides is 1. The summed E-state index contributed by atoms with van der Waals surface area (Å²) in [7, 11) is 0. The summed E-state index contributed by atoms with van der Waals surface area (Å²) in [6, 6.07) is -0.459. The van der Waals surface area contributed by atoms with Crippen LogP contribution in [0.25, 0.3) is 0 Å². The number of nitrogens with two attached hydrogens (primary N) is 1. The number of carbonyl (C=O) groups is 2. The summed E-state index contributed by atoms with van der Waals surface area (Å²) in [5, 5.41) is 2.88. The Bertz CT molecular complexity index is 589. The van der Waals surface area contributed by atoms with Crippen molar-refractivity contribution in [3.63, 3.8) is 0 Å². The Hall–Kier alpha value is -2.18. The molecule has 0 saturated carbocycles. The molecule has 1 aromatic heterocycles. The number of fused-ring (bicyclic) bond motifs is 1. The smallest absolute Gasteiger partial charge is 0.314 e. The number of likely N-dealkylation sites (tertiary alicyclic amines) is 1. The van der Waals surface area contributed by atoms with Crippen LogP contribution in [0.15, 0.2) is 6.20 Å². The monoisotopic (exact) mass is 303 g/mol. The average Bonchev–Trinajstić information content (AvgIpc) is 3.00. The molecule has 1 aromatic rings. The van der Waals surface area contributed by atoms with Crippen LogP contribution in [0.2, 0.25) is 0 Å². The van der Waals surface area contributed by atoms with Gasteiger partial charge in [-0.05, 0) is 37.7 Å². The molecule has 1 aliphatic carbocycles. The summed E-state index contributed by atoms with van der Waals surface area (Å²) in [5.74, 6) is 0.391. The molecule has 1 aliphatic heterocycles. The molecule has 1 fully saturated rings. The van der Waals surface area contributed by atoms with Gasteiger partial charge >= 0.3 is 6.03 Å². The summed E-state index contributed by atoms with van der Waals surface area (Å²) in [6.45, 7) is 1.36. The summed E-state index contributed by atoms with van der Waals surface area (Å²) < 4.78 is 0. The zero-order valence-corrected chi connectivity index (χ0v) is 12.5. The molecule has 0 spiro atoms. The first-order valence-corrected chi connectivity index (χ1v) is 7.79. The third-order valence-electron chi connectivity index (χ3n) is 4.39. The molecular formula is C15H21N5O2. The van der Waals surface area contributed by atoms with Crippen LogP contribution in [-0.2, 0) is 24.2 Å². The predicted molar refractivity (Wildman–Crippen MR) is 79.8 cm³/mol. The number of aromatic nitrogens is 2. The summed E-state index contributed by atoms with van der Waals surface area (Å²) >= 11 is 0. The Labute approximate surface area is 129 Å². The second kappa shape index (κ2) is 6.29. The van der Waals surface area contributed by atoms with Gasteiger partial charge in [0.05, 0.1) is 12.5 Å². The van der Waals surface area contributed by atoms with Crippen molar-refractivity contribution in [1.29, 1.82) is 0 Å². The minimum absolute atomic E-state index is 0.0601. The summed E-state index contributed by atoms with van der Waals surface area (Å²) in [4.78, 5) is 33.8. The molecule has 0 bridgehead atoms. The standard InChI is InChI=1S/C15H21N5O2/c16-15(22)20-6-2-4-11(9-20)14(21)18-8-13-17-7-10-3-1-5-12(10)19-13/h7,11H,1-6,8-9H2,(H2,16,22)(H,18,21). The Balaban J connectivity index is 1.54. The van der Waals surface area contributed by atoms with Gasteiger partial charge in [0.15, 0.2) is 0 Å². The van der Waals surface area contributed by atoms with Crippen LogP contribution in [0.3, 0.4) is 0 Å². The number of carbonyl (C=O) groups excluding carboxylic acids is 2. The summed E-state index contributed by atoms with van der Waals surface area (Å²) in [5.41, 5.74) is 7.61. The van der Waals surface area contributed by atoms with Crippen molar-refractivity contribution in [2.24, 2.45) is 11.7 Å². The number of aryl methyl sites for hydroxylation is 2. The molecule has 3 N–H and O–H groups in total. The predicted octanol–water partition coefficient (Wildman–Crippen LogP) is 0.372. The van der Waals surface area contributed by atoms with E-state index in [4.69, 9.17) is 5.73 Å². The number of hydrogen-bond acceptors (Lipinski definition) is 4. The van der Waals surface area contributed by atoms with E-state index in [9.17, 15) is 9.59 Å². The van der Waals surface area contributed by atoms with Crippen molar-refractivity contribution < 1.29 is 9.59 Å². The number of nitrogens with zero attached hydrogens (tertiary/aromatic N) is 3. The molecule has 0 radical (unpaired) electrons. The van der Waals surface area contributed by atoms with Gasteiger partial charge in [-0.25, -0.2) is 14.8 Å². The van der Waals surface area contributed by atoms with Crippen LogP contribution in [0.4, 0.5) is 4.79 Å². The Morgan fingerprint density at radius 3 is 3.05 bits per heavy atom. The maximum atomic E-state index is 12.2. The molecule has 1 unspecified atom stereocenters. The molecule has 1 atom stereocenters. The van der Waals surface area contributed by atoms with Gasteiger partial charge in [0.25, 0.3) is 0 Å². The second-order valence-electron chi connectivity index (χ2n) is 5.95. The van der Waals surface area contributed by atoms with E-state index in [1.165, 1.54) is 10.5 Å². The lowest BCUT2D eigenvalue weighted by molar-refractivity contribution is -0.126. The number of rotatable bonds is 3. The first-order valence-electron chi connectivity index (χ1n) is 7.79. The first kappa shape index (κ1) is 14.7. The van der Waals surface area contributed by atoms with Crippen molar-refractivity contribution in [2.45, 2.75) is 38.6 Å². The lowest BCUT2D eigenvalue weighted by atomic mass is 9.97. The van der Waals surface area contributed by atoms with Gasteiger partial charge in [-0.3, -0.25) is 4.79 Å². The lowest BCUT2D eigenvalue weighted by Gasteiger charge is -2.30. The zero-order valence-electron chi connectivity index (χ0n) is 12.5. The van der Waals surface area contributed by atoms with Crippen molar-refractivity contribution >= 4 is 11.9 Å². The fourth-order valence-corrected chi connectivity index (χ4v) is 3.14. The minimum Gasteiger partial charge on any atom is -0.351 e. The van der Waals surface area contributed by atoms with E-state index in [1.54, 1.807) is 0 Å². The second-order valence-corrected chi connectivity index (χ2v) is 5.95. The maximum absolute atomic E-state index is 12.2. The average molecular weight is 303 g/mol. The molecule has 0 aromatic carbocycles. The number of amides is 3. The highest BCUT2D eigenvalue weighted by Gasteiger charge is 2.27. The highest BCUT2D eigenvalue weighted by Crippen LogP contribution is 2.19. The van der Waals surface area contributed by atoms with Gasteiger partial charge in [-0.2, -0.15) is 0 Å². The van der Waals surface area contributed by atoms with Crippen LogP contribution in [0, 0.1) is 5.92 Å². The van der Waals surface area contributed by atoms with E-state index < -0.39 is 6.03 Å². The van der Waals surface area contributed by atoms with Crippen LogP contribution in [-0.4, -0.2) is 39.9 Å². The van der Waals surface area contributed by atoms with E-state index in [0.29, 0.717) is 25.5 Å². The van der Waals surface area contributed by atoms with Gasteiger partial charge in [-0.15, -0.1) is 0 Å². The van der Waals surface area contributed by atoms with E-state index in [1.807, 2.05) is 6.20 Å². The van der Waals surface area contributed by atoms with Crippen LogP contribution < -0.4 is 11.1 Å². The molecule has 1 saturated heterocycles. The van der Waals surface area contributed by atoms with Crippen molar-refractivity contribution in [3.8, 4) is 0 Å². The van der Waals surface area contributed by atoms with Gasteiger partial charge in [0, 0.05) is 25.0 Å². The number of nitrogens with one attached hydrogen (secondary N) is 1. The van der Waals surface area contributed by atoms with E-state index in [2.05, 4.69) is 15.3 Å². The molecule has 3 rings (SSSR count). The molecule has 7 heteroatoms. The number of urea groups is 1. The Morgan fingerprint density at radius 2 is 2.23 bits per heavy atom. The lowest BCUT2D eigenvalue weighted by Crippen LogP contribution is -2.47. The van der Waals surface area contributed by atoms with Crippen molar-refractivity contribution in [1.82, 2.24) is 20.2 Å². The Morgan fingerprint density at radius 1 is 1.36 bits per heavy atom. The zero-order chi connectivity index (χ0) is 15.5. The molecule has 2 heterocycles. The Kier molecular flexibility index (Phi) is 4.22. The van der Waals surface area contributed by atoms with Crippen LogP contribution in [0.1, 0.15) is 36.3 Å². The first-order chi connectivity index (χ1) is 10.6. The SMILES string of the molecule is NC(=O)N1CCCC(C(=O)NCc2ncc3c(n2)CCC3)C1. The molecular weight excluding hydrogens is 282 g/mol. The number of hydrogen-bond donors (Lipinski definition) is 2. The summed E-state index contributed by atoms with van der Waals surface area (Å²) in [6.07, 6.45) is 6.62. The third kappa shape index (κ3) is 3.18. The van der Waals surface area contributed by atoms with Crippen LogP contribution in [0.5, 0.6) is 0 Å². The molecule has 118 valence electrons. The number of piperidine rings is 1. The highest BCUT2D eigenvalue weighted by molar-refractivity contribution is 5.80. The fraction of sp³-hybridized carbons (Fsp3) is 0.600. The van der Waals surface area contributed by atoms with E-state index in [0.717, 1.165) is 37.8 Å². The fourth-order valence-electron chi connectivity index (χ4n) is 3.14. The molecule has 7 nitrogen and oxygen atoms in total. The highest BCUT2D eigenvalue weighted by atomic mass is 16.2. The van der Waals surface area contributed by atoms with Gasteiger partial charge < -0.3 is 16.0 Å². The molecule has 2 aliphatic rings. The third-order valence-corrected chi connectivity index (χ3v) is 4.39. The van der Waals surface area contributed by atoms with E-state index >= 15 is 0 Å². The largest absolute Gasteiger partial charge is 0.351 e. The molecule has 22 heavy (non-hydrogen) atoms. The van der Waals surface area contributed by atoms with Gasteiger partial charge in [-0.1, -0.05) is 0 Å². The van der Waals surface area contributed by atoms with Crippen molar-refractivity contribution in [3.05, 3.63) is 23.3 Å². The van der Waals surface area contributed by atoms with Crippen LogP contribution >= 0.6 is 0 Å². The maximum Gasteiger partial charge on any atom is 0.314 e. The van der Waals surface area contributed by atoms with E-state index in [-0.39, 0.29) is 11.8 Å². The van der Waals surface area contributed by atoms with Gasteiger partial charge in [0.2, 0.25) is 5.91 Å². The van der Waals surface area contributed by atoms with Crippen molar-refractivity contribution in [2.75, 3.05) is 13.1 Å². The topological polar surface area (TPSA) is 101 Å². The minimum atomic E-state index is -0.459. The normalized spacial score (nSPS) is 20.5. The quantitative estimate of drug-likeness (QED) is 0.842. The molecule has 3 amide bonds.